The first-order valence-electron chi connectivity index (χ1n) is 11.0. The molecule has 0 aliphatic carbocycles. The fourth-order valence-electron chi connectivity index (χ4n) is 3.72. The number of carbonyl (C=O) groups excluding carboxylic acids is 2. The number of hydrogen-bond acceptors (Lipinski definition) is 8. The second-order valence-electron chi connectivity index (χ2n) is 7.72. The Morgan fingerprint density at radius 2 is 1.86 bits per heavy atom. The maximum Gasteiger partial charge on any atom is 0.411 e. The molecule has 1 N–H and O–H groups in total. The van der Waals surface area contributed by atoms with E-state index in [1.807, 2.05) is 12.1 Å². The predicted octanol–water partition coefficient (Wildman–Crippen LogP) is 3.28. The van der Waals surface area contributed by atoms with Crippen LogP contribution in [-0.4, -0.2) is 28.2 Å². The Bertz CT molecular complexity index is 1540. The molecule has 0 aliphatic rings. The topological polar surface area (TPSA) is 130 Å². The maximum absolute atomic E-state index is 12.4. The number of nitrogens with one attached hydrogen (secondary N) is 1. The van der Waals surface area contributed by atoms with E-state index in [-0.39, 0.29) is 37.2 Å². The Hall–Kier alpha value is -4.47. The molecule has 4 aromatic rings. The van der Waals surface area contributed by atoms with E-state index < -0.39 is 17.7 Å². The highest BCUT2D eigenvalue weighted by Gasteiger charge is 2.13. The first kappa shape index (κ1) is 23.7. The van der Waals surface area contributed by atoms with Crippen molar-refractivity contribution < 1.29 is 23.5 Å². The van der Waals surface area contributed by atoms with Crippen molar-refractivity contribution in [3.63, 3.8) is 0 Å². The van der Waals surface area contributed by atoms with E-state index in [2.05, 4.69) is 10.3 Å². The van der Waals surface area contributed by atoms with Gasteiger partial charge in [0.05, 0.1) is 23.9 Å². The Morgan fingerprint density at radius 1 is 1.06 bits per heavy atom. The molecule has 180 valence electrons. The van der Waals surface area contributed by atoms with Gasteiger partial charge in [0, 0.05) is 42.2 Å². The third kappa shape index (κ3) is 5.37. The summed E-state index contributed by atoms with van der Waals surface area (Å²) in [6, 6.07) is 13.1. The molecule has 0 aliphatic heterocycles. The SMILES string of the molecule is CCOC(=O)Nc1ccc2c(COC(=O)CCc3nc(=O)c4ccccc4n3C)cc(=O)oc2c1. The molecule has 35 heavy (non-hydrogen) atoms. The van der Waals surface area contributed by atoms with Crippen LogP contribution < -0.4 is 16.5 Å². The quantitative estimate of drug-likeness (QED) is 0.317. The van der Waals surface area contributed by atoms with Gasteiger partial charge in [-0.05, 0) is 31.2 Å². The zero-order valence-electron chi connectivity index (χ0n) is 19.2. The molecule has 2 aromatic carbocycles. The van der Waals surface area contributed by atoms with Crippen molar-refractivity contribution in [1.82, 2.24) is 9.55 Å². The van der Waals surface area contributed by atoms with Gasteiger partial charge in [-0.25, -0.2) is 9.59 Å². The molecule has 0 atom stereocenters. The van der Waals surface area contributed by atoms with E-state index in [9.17, 15) is 19.2 Å². The normalized spacial score (nSPS) is 10.9. The number of nitrogens with zero attached hydrogens (tertiary/aromatic N) is 2. The number of fused-ring (bicyclic) bond motifs is 2. The number of amides is 1. The van der Waals surface area contributed by atoms with Gasteiger partial charge in [-0.2, -0.15) is 4.98 Å². The summed E-state index contributed by atoms with van der Waals surface area (Å²) in [5.41, 5.74) is 0.849. The lowest BCUT2D eigenvalue weighted by atomic mass is 10.1. The fourth-order valence-corrected chi connectivity index (χ4v) is 3.72. The van der Waals surface area contributed by atoms with Crippen molar-refractivity contribution in [2.45, 2.75) is 26.4 Å². The van der Waals surface area contributed by atoms with Crippen LogP contribution in [0.25, 0.3) is 21.9 Å². The second-order valence-corrected chi connectivity index (χ2v) is 7.72. The van der Waals surface area contributed by atoms with Crippen molar-refractivity contribution in [1.29, 1.82) is 0 Å². The van der Waals surface area contributed by atoms with Crippen LogP contribution in [-0.2, 0) is 34.3 Å². The first-order chi connectivity index (χ1) is 16.9. The molecule has 2 aromatic heterocycles. The molecule has 0 spiro atoms. The summed E-state index contributed by atoms with van der Waals surface area (Å²) < 4.78 is 17.2. The molecule has 10 nitrogen and oxygen atoms in total. The summed E-state index contributed by atoms with van der Waals surface area (Å²) in [5.74, 6) is -0.0347. The minimum Gasteiger partial charge on any atom is -0.461 e. The van der Waals surface area contributed by atoms with Gasteiger partial charge in [-0.1, -0.05) is 12.1 Å². The summed E-state index contributed by atoms with van der Waals surface area (Å²) in [6.07, 6.45) is -0.403. The Labute approximate surface area is 199 Å². The number of benzene rings is 2. The highest BCUT2D eigenvalue weighted by Crippen LogP contribution is 2.22. The maximum atomic E-state index is 12.4. The third-order valence-corrected chi connectivity index (χ3v) is 5.41. The lowest BCUT2D eigenvalue weighted by Crippen LogP contribution is -2.18. The predicted molar refractivity (Wildman–Crippen MR) is 128 cm³/mol. The summed E-state index contributed by atoms with van der Waals surface area (Å²) in [4.78, 5) is 52.4. The average molecular weight is 477 g/mol. The Balaban J connectivity index is 1.44. The summed E-state index contributed by atoms with van der Waals surface area (Å²) in [5, 5.41) is 3.61. The smallest absolute Gasteiger partial charge is 0.411 e. The van der Waals surface area contributed by atoms with Gasteiger partial charge in [0.1, 0.15) is 18.0 Å². The highest BCUT2D eigenvalue weighted by molar-refractivity contribution is 5.90. The number of ether oxygens (including phenoxy) is 2. The standard InChI is InChI=1S/C25H23N3O7/c1-3-33-25(32)26-16-8-9-17-15(12-23(30)35-20(17)13-16)14-34-22(29)11-10-21-27-24(31)18-6-4-5-7-19(18)28(21)2/h4-9,12-13H,3,10-11,14H2,1-2H3,(H,26,32). The van der Waals surface area contributed by atoms with E-state index in [4.69, 9.17) is 13.9 Å². The molecule has 0 fully saturated rings. The molecule has 4 rings (SSSR count). The second kappa shape index (κ2) is 10.2. The van der Waals surface area contributed by atoms with Gasteiger partial charge >= 0.3 is 17.7 Å². The van der Waals surface area contributed by atoms with Crippen LogP contribution in [0.3, 0.4) is 0 Å². The Kier molecular flexibility index (Phi) is 6.91. The summed E-state index contributed by atoms with van der Waals surface area (Å²) in [6.45, 7) is 1.76. The van der Waals surface area contributed by atoms with E-state index in [1.165, 1.54) is 12.1 Å². The minimum absolute atomic E-state index is 0.00556. The van der Waals surface area contributed by atoms with Crippen LogP contribution in [0.15, 0.2) is 62.5 Å². The molecule has 0 saturated carbocycles. The molecule has 0 unspecified atom stereocenters. The average Bonchev–Trinajstić information content (AvgIpc) is 2.83. The van der Waals surface area contributed by atoms with Crippen LogP contribution in [0.2, 0.25) is 0 Å². The van der Waals surface area contributed by atoms with Crippen LogP contribution in [0.1, 0.15) is 24.7 Å². The lowest BCUT2D eigenvalue weighted by Gasteiger charge is -2.11. The Morgan fingerprint density at radius 3 is 2.66 bits per heavy atom. The molecule has 2 heterocycles. The van der Waals surface area contributed by atoms with Crippen LogP contribution >= 0.6 is 0 Å². The van der Waals surface area contributed by atoms with Crippen molar-refractivity contribution in [3.8, 4) is 0 Å². The van der Waals surface area contributed by atoms with Crippen molar-refractivity contribution in [2.75, 3.05) is 11.9 Å². The van der Waals surface area contributed by atoms with E-state index in [0.29, 0.717) is 27.8 Å². The fraction of sp³-hybridized carbons (Fsp3) is 0.240. The molecular formula is C25H23N3O7. The zero-order chi connectivity index (χ0) is 24.9. The van der Waals surface area contributed by atoms with E-state index in [0.717, 1.165) is 5.52 Å². The molecule has 0 saturated heterocycles. The molecule has 0 bridgehead atoms. The number of carbonyl (C=O) groups is 2. The third-order valence-electron chi connectivity index (χ3n) is 5.41. The van der Waals surface area contributed by atoms with Crippen LogP contribution in [0, 0.1) is 0 Å². The van der Waals surface area contributed by atoms with E-state index >= 15 is 0 Å². The monoisotopic (exact) mass is 477 g/mol. The van der Waals surface area contributed by atoms with Gasteiger partial charge in [0.25, 0.3) is 5.56 Å². The van der Waals surface area contributed by atoms with Crippen molar-refractivity contribution >= 4 is 39.6 Å². The number of aryl methyl sites for hydroxylation is 2. The summed E-state index contributed by atoms with van der Waals surface area (Å²) in [7, 11) is 1.79. The van der Waals surface area contributed by atoms with Gasteiger partial charge in [0.15, 0.2) is 0 Å². The largest absolute Gasteiger partial charge is 0.461 e. The van der Waals surface area contributed by atoms with Gasteiger partial charge in [-0.3, -0.25) is 14.9 Å². The van der Waals surface area contributed by atoms with Crippen molar-refractivity contribution in [2.24, 2.45) is 7.05 Å². The number of hydrogen-bond donors (Lipinski definition) is 1. The molecule has 0 radical (unpaired) electrons. The zero-order valence-corrected chi connectivity index (χ0v) is 19.2. The van der Waals surface area contributed by atoms with Crippen molar-refractivity contribution in [3.05, 3.63) is 80.7 Å². The van der Waals surface area contributed by atoms with E-state index in [1.54, 1.807) is 42.8 Å². The number of anilines is 1. The number of para-hydroxylation sites is 1. The molecule has 1 amide bonds. The van der Waals surface area contributed by atoms with Crippen LogP contribution in [0.4, 0.5) is 10.5 Å². The molecule has 10 heteroatoms. The molecular weight excluding hydrogens is 454 g/mol. The van der Waals surface area contributed by atoms with Crippen LogP contribution in [0.5, 0.6) is 0 Å². The van der Waals surface area contributed by atoms with Gasteiger partial charge in [0.2, 0.25) is 0 Å². The lowest BCUT2D eigenvalue weighted by molar-refractivity contribution is -0.144. The number of esters is 1. The number of rotatable bonds is 7. The van der Waals surface area contributed by atoms with Gasteiger partial charge < -0.3 is 18.5 Å². The van der Waals surface area contributed by atoms with Gasteiger partial charge in [-0.15, -0.1) is 0 Å². The summed E-state index contributed by atoms with van der Waals surface area (Å²) >= 11 is 0. The highest BCUT2D eigenvalue weighted by atomic mass is 16.5. The number of aromatic nitrogens is 2. The minimum atomic E-state index is -0.627. The first-order valence-corrected chi connectivity index (χ1v) is 11.0.